The van der Waals surface area contributed by atoms with Crippen LogP contribution in [-0.4, -0.2) is 71.9 Å². The minimum Gasteiger partial charge on any atom is -0.497 e. The molecule has 0 aromatic heterocycles. The first-order valence-corrected chi connectivity index (χ1v) is 14.3. The van der Waals surface area contributed by atoms with Crippen molar-refractivity contribution in [2.24, 2.45) is 0 Å². The molecule has 0 atom stereocenters. The summed E-state index contributed by atoms with van der Waals surface area (Å²) >= 11 is 0. The Morgan fingerprint density at radius 3 is 2.22 bits per heavy atom. The van der Waals surface area contributed by atoms with E-state index in [9.17, 15) is 8.42 Å². The molecule has 0 bridgehead atoms. The summed E-state index contributed by atoms with van der Waals surface area (Å²) in [5, 5.41) is 0. The number of para-hydroxylation sites is 2. The van der Waals surface area contributed by atoms with Crippen LogP contribution in [0, 0.1) is 0 Å². The van der Waals surface area contributed by atoms with Crippen molar-refractivity contribution < 1.29 is 22.6 Å². The molecule has 2 aromatic rings. The van der Waals surface area contributed by atoms with Crippen molar-refractivity contribution in [3.63, 3.8) is 0 Å². The summed E-state index contributed by atoms with van der Waals surface area (Å²) in [5.74, 6) is 1.74. The Morgan fingerprint density at radius 2 is 1.58 bits per heavy atom. The monoisotopic (exact) mass is 517 g/mol. The molecule has 4 rings (SSSR count). The number of benzene rings is 2. The van der Waals surface area contributed by atoms with E-state index in [1.165, 1.54) is 20.3 Å². The van der Waals surface area contributed by atoms with Gasteiger partial charge in [-0.3, -0.25) is 4.90 Å². The zero-order valence-corrected chi connectivity index (χ0v) is 22.6. The summed E-state index contributed by atoms with van der Waals surface area (Å²) in [7, 11) is -0.723. The maximum Gasteiger partial charge on any atom is 0.244 e. The lowest BCUT2D eigenvalue weighted by atomic mass is 9.90. The molecule has 36 heavy (non-hydrogen) atoms. The average Bonchev–Trinajstić information content (AvgIpc) is 2.88. The molecular weight excluding hydrogens is 478 g/mol. The Labute approximate surface area is 215 Å². The van der Waals surface area contributed by atoms with Crippen LogP contribution in [0.3, 0.4) is 0 Å². The second-order valence-corrected chi connectivity index (χ2v) is 11.5. The Hall–Kier alpha value is -2.49. The third kappa shape index (κ3) is 6.25. The van der Waals surface area contributed by atoms with E-state index in [2.05, 4.69) is 40.5 Å². The molecule has 1 aliphatic carbocycles. The van der Waals surface area contributed by atoms with Gasteiger partial charge in [0.25, 0.3) is 0 Å². The van der Waals surface area contributed by atoms with E-state index in [1.807, 2.05) is 12.1 Å². The van der Waals surface area contributed by atoms with E-state index in [1.54, 1.807) is 12.1 Å². The lowest BCUT2D eigenvalue weighted by Gasteiger charge is -2.43. The molecule has 198 valence electrons. The minimum atomic E-state index is -3.72. The van der Waals surface area contributed by atoms with Crippen LogP contribution < -0.4 is 23.8 Å². The predicted octanol–water partition coefficient (Wildman–Crippen LogP) is 3.90. The lowest BCUT2D eigenvalue weighted by Crippen LogP contribution is -2.52. The molecule has 1 saturated heterocycles. The Kier molecular flexibility index (Phi) is 8.64. The topological polar surface area (TPSA) is 80.3 Å². The highest BCUT2D eigenvalue weighted by Crippen LogP contribution is 2.32. The largest absolute Gasteiger partial charge is 0.497 e. The van der Waals surface area contributed by atoms with E-state index in [-0.39, 0.29) is 17.0 Å². The van der Waals surface area contributed by atoms with Crippen molar-refractivity contribution in [2.45, 2.75) is 62.6 Å². The van der Waals surface area contributed by atoms with Crippen molar-refractivity contribution in [3.8, 4) is 17.2 Å². The number of nitrogens with zero attached hydrogens (tertiary/aromatic N) is 2. The smallest absolute Gasteiger partial charge is 0.244 e. The molecule has 1 aliphatic heterocycles. The van der Waals surface area contributed by atoms with E-state index >= 15 is 0 Å². The molecule has 2 fully saturated rings. The van der Waals surface area contributed by atoms with Gasteiger partial charge in [0.15, 0.2) is 0 Å². The fourth-order valence-electron chi connectivity index (χ4n) is 5.24. The first-order chi connectivity index (χ1) is 17.3. The number of piperazine rings is 1. The van der Waals surface area contributed by atoms with Gasteiger partial charge < -0.3 is 19.1 Å². The normalized spacial score (nSPS) is 21.4. The molecule has 1 saturated carbocycles. The Balaban J connectivity index is 1.31. The van der Waals surface area contributed by atoms with Gasteiger partial charge in [0, 0.05) is 44.3 Å². The second kappa shape index (κ2) is 11.7. The van der Waals surface area contributed by atoms with Crippen LogP contribution in [0.25, 0.3) is 0 Å². The maximum atomic E-state index is 13.1. The zero-order valence-electron chi connectivity index (χ0n) is 21.8. The van der Waals surface area contributed by atoms with Crippen molar-refractivity contribution >= 4 is 15.7 Å². The van der Waals surface area contributed by atoms with Gasteiger partial charge in [0.1, 0.15) is 22.1 Å². The van der Waals surface area contributed by atoms with Crippen LogP contribution in [0.1, 0.15) is 39.5 Å². The summed E-state index contributed by atoms with van der Waals surface area (Å²) in [6.07, 6.45) is 3.75. The van der Waals surface area contributed by atoms with Gasteiger partial charge in [0.2, 0.25) is 10.0 Å². The first-order valence-electron chi connectivity index (χ1n) is 12.8. The van der Waals surface area contributed by atoms with Gasteiger partial charge >= 0.3 is 0 Å². The molecule has 2 aromatic carbocycles. The number of ether oxygens (including phenoxy) is 3. The molecule has 1 N–H and O–H groups in total. The number of hydrogen-bond donors (Lipinski definition) is 1. The quantitative estimate of drug-likeness (QED) is 0.540. The molecule has 0 amide bonds. The summed E-state index contributed by atoms with van der Waals surface area (Å²) < 4.78 is 45.7. The number of sulfonamides is 1. The summed E-state index contributed by atoms with van der Waals surface area (Å²) in [4.78, 5) is 5.09. The van der Waals surface area contributed by atoms with E-state index in [0.717, 1.165) is 63.3 Å². The number of hydrogen-bond acceptors (Lipinski definition) is 7. The predicted molar refractivity (Wildman–Crippen MR) is 142 cm³/mol. The fourth-order valence-corrected chi connectivity index (χ4v) is 6.72. The van der Waals surface area contributed by atoms with E-state index in [0.29, 0.717) is 17.5 Å². The van der Waals surface area contributed by atoms with Gasteiger partial charge in [-0.25, -0.2) is 13.1 Å². The van der Waals surface area contributed by atoms with E-state index in [4.69, 9.17) is 14.2 Å². The summed E-state index contributed by atoms with van der Waals surface area (Å²) in [6.45, 7) is 8.02. The molecule has 1 heterocycles. The highest BCUT2D eigenvalue weighted by molar-refractivity contribution is 7.89. The van der Waals surface area contributed by atoms with Crippen LogP contribution >= 0.6 is 0 Å². The Bertz CT molecular complexity index is 1110. The number of nitrogens with one attached hydrogen (secondary N) is 1. The molecule has 9 heteroatoms. The van der Waals surface area contributed by atoms with Gasteiger partial charge in [-0.15, -0.1) is 0 Å². The van der Waals surface area contributed by atoms with Crippen molar-refractivity contribution in [1.82, 2.24) is 9.62 Å². The minimum absolute atomic E-state index is 0.0801. The maximum absolute atomic E-state index is 13.1. The second-order valence-electron chi connectivity index (χ2n) is 9.80. The van der Waals surface area contributed by atoms with E-state index < -0.39 is 10.0 Å². The van der Waals surface area contributed by atoms with Crippen LogP contribution in [0.15, 0.2) is 47.4 Å². The molecule has 0 spiro atoms. The van der Waals surface area contributed by atoms with Gasteiger partial charge in [-0.05, 0) is 63.8 Å². The standard InChI is InChI=1S/C27H39N3O5S/c1-20(2)35-25-8-6-5-7-24(25)30-17-15-29(16-18-30)22-11-9-21(10-12-22)28-36(31,32)27-19-23(33-3)13-14-26(27)34-4/h5-8,13-14,19-22,28H,9-12,15-18H2,1-4H3. The molecule has 2 aliphatic rings. The lowest BCUT2D eigenvalue weighted by molar-refractivity contribution is 0.139. The average molecular weight is 518 g/mol. The summed E-state index contributed by atoms with van der Waals surface area (Å²) in [6, 6.07) is 13.5. The Morgan fingerprint density at radius 1 is 0.889 bits per heavy atom. The number of anilines is 1. The number of methoxy groups -OCH3 is 2. The number of rotatable bonds is 9. The van der Waals surface area contributed by atoms with Gasteiger partial charge in [0.05, 0.1) is 26.0 Å². The van der Waals surface area contributed by atoms with Crippen molar-refractivity contribution in [1.29, 1.82) is 0 Å². The molecular formula is C27H39N3O5S. The first kappa shape index (κ1) is 26.6. The highest BCUT2D eigenvalue weighted by atomic mass is 32.2. The SMILES string of the molecule is COc1ccc(OC)c(S(=O)(=O)NC2CCC(N3CCN(c4ccccc4OC(C)C)CC3)CC2)c1. The highest BCUT2D eigenvalue weighted by Gasteiger charge is 2.32. The van der Waals surface area contributed by atoms with Crippen molar-refractivity contribution in [2.75, 3.05) is 45.3 Å². The van der Waals surface area contributed by atoms with Crippen LogP contribution in [0.5, 0.6) is 17.2 Å². The van der Waals surface area contributed by atoms with Crippen LogP contribution in [0.2, 0.25) is 0 Å². The third-order valence-electron chi connectivity index (χ3n) is 7.08. The molecule has 0 radical (unpaired) electrons. The third-order valence-corrected chi connectivity index (χ3v) is 8.62. The van der Waals surface area contributed by atoms with Crippen molar-refractivity contribution in [3.05, 3.63) is 42.5 Å². The molecule has 0 unspecified atom stereocenters. The van der Waals surface area contributed by atoms with Crippen LogP contribution in [0.4, 0.5) is 5.69 Å². The van der Waals surface area contributed by atoms with Gasteiger partial charge in [-0.1, -0.05) is 12.1 Å². The molecule has 8 nitrogen and oxygen atoms in total. The zero-order chi connectivity index (χ0) is 25.7. The van der Waals surface area contributed by atoms with Crippen LogP contribution in [-0.2, 0) is 10.0 Å². The fraction of sp³-hybridized carbons (Fsp3) is 0.556. The van der Waals surface area contributed by atoms with Gasteiger partial charge in [-0.2, -0.15) is 0 Å². The summed E-state index contributed by atoms with van der Waals surface area (Å²) in [5.41, 5.74) is 1.16.